The third-order valence-electron chi connectivity index (χ3n) is 1.64. The number of nitrogens with one attached hydrogen (secondary N) is 1. The second kappa shape index (κ2) is 7.39. The van der Waals surface area contributed by atoms with Crippen LogP contribution in [0.25, 0.3) is 0 Å². The molecule has 0 spiro atoms. The molecule has 0 aliphatic rings. The SMILES string of the molecule is C=CC(=O)/C(C)=N\NC(C=C)/C=N\N(C)C. The van der Waals surface area contributed by atoms with Crippen LogP contribution in [0.5, 0.6) is 0 Å². The molecule has 0 aliphatic carbocycles. The van der Waals surface area contributed by atoms with E-state index in [9.17, 15) is 4.79 Å². The summed E-state index contributed by atoms with van der Waals surface area (Å²) in [7, 11) is 3.62. The van der Waals surface area contributed by atoms with Crippen molar-refractivity contribution in [3.63, 3.8) is 0 Å². The Kier molecular flexibility index (Phi) is 6.51. The molecule has 0 aromatic rings. The molecule has 0 aromatic carbocycles. The van der Waals surface area contributed by atoms with Gasteiger partial charge in [-0.05, 0) is 13.0 Å². The Morgan fingerprint density at radius 3 is 2.50 bits per heavy atom. The van der Waals surface area contributed by atoms with Crippen LogP contribution in [0.2, 0.25) is 0 Å². The summed E-state index contributed by atoms with van der Waals surface area (Å²) < 4.78 is 0. The van der Waals surface area contributed by atoms with Crippen molar-refractivity contribution in [2.75, 3.05) is 14.1 Å². The lowest BCUT2D eigenvalue weighted by Crippen LogP contribution is -2.26. The van der Waals surface area contributed by atoms with Gasteiger partial charge in [0.05, 0.1) is 12.3 Å². The van der Waals surface area contributed by atoms with Gasteiger partial charge in [-0.15, -0.1) is 6.58 Å². The number of rotatable bonds is 7. The molecule has 16 heavy (non-hydrogen) atoms. The molecule has 0 amide bonds. The van der Waals surface area contributed by atoms with E-state index in [1.165, 1.54) is 6.08 Å². The maximum atomic E-state index is 11.1. The Morgan fingerprint density at radius 2 is 2.06 bits per heavy atom. The smallest absolute Gasteiger partial charge is 0.200 e. The molecule has 0 aromatic heterocycles. The highest BCUT2D eigenvalue weighted by Crippen LogP contribution is 1.86. The third-order valence-corrected chi connectivity index (χ3v) is 1.64. The van der Waals surface area contributed by atoms with Crippen LogP contribution in [-0.4, -0.2) is 42.9 Å². The molecule has 0 radical (unpaired) electrons. The topological polar surface area (TPSA) is 57.1 Å². The number of hydrogen-bond donors (Lipinski definition) is 1. The third kappa shape index (κ3) is 5.74. The number of carbonyl (C=O) groups is 1. The normalized spacial score (nSPS) is 13.3. The summed E-state index contributed by atoms with van der Waals surface area (Å²) in [4.78, 5) is 11.1. The van der Waals surface area contributed by atoms with Gasteiger partial charge < -0.3 is 5.01 Å². The first-order valence-corrected chi connectivity index (χ1v) is 4.81. The highest BCUT2D eigenvalue weighted by atomic mass is 16.1. The van der Waals surface area contributed by atoms with E-state index in [1.807, 2.05) is 14.1 Å². The van der Waals surface area contributed by atoms with Gasteiger partial charge in [-0.25, -0.2) is 0 Å². The summed E-state index contributed by atoms with van der Waals surface area (Å²) in [5.74, 6) is -0.208. The number of allylic oxidation sites excluding steroid dienone is 1. The van der Waals surface area contributed by atoms with E-state index in [2.05, 4.69) is 28.8 Å². The standard InChI is InChI=1S/C11H18N4O/c1-6-10(8-12-15(4)5)14-13-9(3)11(16)7-2/h6-8,10,14H,1-2H2,3-5H3/b12-8-,13-9-. The summed E-state index contributed by atoms with van der Waals surface area (Å²) in [5, 5.41) is 9.60. The van der Waals surface area contributed by atoms with Crippen LogP contribution in [0.4, 0.5) is 0 Å². The van der Waals surface area contributed by atoms with Crippen LogP contribution in [0.15, 0.2) is 35.5 Å². The van der Waals surface area contributed by atoms with Crippen molar-refractivity contribution in [2.24, 2.45) is 10.2 Å². The van der Waals surface area contributed by atoms with E-state index >= 15 is 0 Å². The van der Waals surface area contributed by atoms with Crippen molar-refractivity contribution in [1.82, 2.24) is 10.4 Å². The van der Waals surface area contributed by atoms with Gasteiger partial charge in [-0.3, -0.25) is 10.2 Å². The van der Waals surface area contributed by atoms with E-state index in [-0.39, 0.29) is 11.8 Å². The summed E-state index contributed by atoms with van der Waals surface area (Å²) in [6.45, 7) is 8.62. The van der Waals surface area contributed by atoms with Crippen LogP contribution in [0, 0.1) is 0 Å². The maximum Gasteiger partial charge on any atom is 0.200 e. The predicted octanol–water partition coefficient (Wildman–Crippen LogP) is 0.809. The zero-order valence-corrected chi connectivity index (χ0v) is 9.97. The second-order valence-electron chi connectivity index (χ2n) is 3.27. The van der Waals surface area contributed by atoms with E-state index in [1.54, 1.807) is 24.2 Å². The zero-order chi connectivity index (χ0) is 12.6. The minimum Gasteiger partial charge on any atom is -0.303 e. The summed E-state index contributed by atoms with van der Waals surface area (Å²) >= 11 is 0. The van der Waals surface area contributed by atoms with E-state index < -0.39 is 0 Å². The van der Waals surface area contributed by atoms with E-state index in [4.69, 9.17) is 0 Å². The van der Waals surface area contributed by atoms with E-state index in [0.29, 0.717) is 5.71 Å². The predicted molar refractivity (Wildman–Crippen MR) is 67.6 cm³/mol. The first kappa shape index (κ1) is 14.1. The summed E-state index contributed by atoms with van der Waals surface area (Å²) in [6, 6.07) is -0.213. The van der Waals surface area contributed by atoms with Gasteiger partial charge in [0, 0.05) is 14.1 Å². The molecule has 5 nitrogen and oxygen atoms in total. The van der Waals surface area contributed by atoms with Gasteiger partial charge in [-0.2, -0.15) is 10.2 Å². The molecule has 5 heteroatoms. The molecule has 1 unspecified atom stereocenters. The minimum absolute atomic E-state index is 0.208. The Morgan fingerprint density at radius 1 is 1.44 bits per heavy atom. The fraction of sp³-hybridized carbons (Fsp3) is 0.364. The fourth-order valence-corrected chi connectivity index (χ4v) is 0.726. The number of ketones is 1. The van der Waals surface area contributed by atoms with Crippen molar-refractivity contribution in [2.45, 2.75) is 13.0 Å². The molecule has 0 bridgehead atoms. The molecule has 0 saturated carbocycles. The summed E-state index contributed by atoms with van der Waals surface area (Å²) in [5.41, 5.74) is 3.11. The lowest BCUT2D eigenvalue weighted by atomic mass is 10.3. The monoisotopic (exact) mass is 222 g/mol. The summed E-state index contributed by atoms with van der Waals surface area (Å²) in [6.07, 6.45) is 4.50. The number of hydrazone groups is 2. The molecule has 0 aliphatic heterocycles. The van der Waals surface area contributed by atoms with Gasteiger partial charge in [0.1, 0.15) is 5.71 Å². The highest BCUT2D eigenvalue weighted by Gasteiger charge is 2.02. The quantitative estimate of drug-likeness (QED) is 0.300. The average molecular weight is 222 g/mol. The lowest BCUT2D eigenvalue weighted by Gasteiger charge is -2.09. The molecular formula is C11H18N4O. The Hall–Kier alpha value is -1.91. The Bertz CT molecular complexity index is 318. The maximum absolute atomic E-state index is 11.1. The van der Waals surface area contributed by atoms with Gasteiger partial charge in [0.15, 0.2) is 0 Å². The molecule has 0 rings (SSSR count). The lowest BCUT2D eigenvalue weighted by molar-refractivity contribution is -0.108. The van der Waals surface area contributed by atoms with Gasteiger partial charge >= 0.3 is 0 Å². The van der Waals surface area contributed by atoms with Crippen LogP contribution in [0.1, 0.15) is 6.92 Å². The van der Waals surface area contributed by atoms with Gasteiger partial charge in [0.25, 0.3) is 0 Å². The fourth-order valence-electron chi connectivity index (χ4n) is 0.726. The van der Waals surface area contributed by atoms with E-state index in [0.717, 1.165) is 0 Å². The minimum atomic E-state index is -0.213. The first-order valence-electron chi connectivity index (χ1n) is 4.81. The average Bonchev–Trinajstić information content (AvgIpc) is 2.27. The van der Waals surface area contributed by atoms with Crippen LogP contribution < -0.4 is 5.43 Å². The number of carbonyl (C=O) groups excluding carboxylic acids is 1. The molecule has 1 atom stereocenters. The van der Waals surface area contributed by atoms with Crippen molar-refractivity contribution in [3.8, 4) is 0 Å². The van der Waals surface area contributed by atoms with Crippen LogP contribution >= 0.6 is 0 Å². The number of hydrogen-bond acceptors (Lipinski definition) is 5. The van der Waals surface area contributed by atoms with Gasteiger partial charge in [-0.1, -0.05) is 12.7 Å². The number of nitrogens with zero attached hydrogens (tertiary/aromatic N) is 3. The molecule has 0 saturated heterocycles. The Balaban J connectivity index is 4.40. The first-order chi connectivity index (χ1) is 7.51. The highest BCUT2D eigenvalue weighted by molar-refractivity contribution is 6.42. The molecule has 0 fully saturated rings. The largest absolute Gasteiger partial charge is 0.303 e. The van der Waals surface area contributed by atoms with Crippen molar-refractivity contribution in [3.05, 3.63) is 25.3 Å². The molecule has 1 N–H and O–H groups in total. The van der Waals surface area contributed by atoms with Crippen LogP contribution in [0.3, 0.4) is 0 Å². The molecule has 88 valence electrons. The zero-order valence-electron chi connectivity index (χ0n) is 9.97. The molecular weight excluding hydrogens is 204 g/mol. The van der Waals surface area contributed by atoms with Crippen molar-refractivity contribution in [1.29, 1.82) is 0 Å². The van der Waals surface area contributed by atoms with Crippen molar-refractivity contribution < 1.29 is 4.79 Å². The second-order valence-corrected chi connectivity index (χ2v) is 3.27. The van der Waals surface area contributed by atoms with Crippen molar-refractivity contribution >= 4 is 17.7 Å². The molecule has 0 heterocycles. The van der Waals surface area contributed by atoms with Crippen LogP contribution in [-0.2, 0) is 4.79 Å². The Labute approximate surface area is 96.2 Å². The van der Waals surface area contributed by atoms with Gasteiger partial charge in [0.2, 0.25) is 5.78 Å².